The first-order chi connectivity index (χ1) is 12.2. The van der Waals surface area contributed by atoms with Crippen molar-refractivity contribution in [3.63, 3.8) is 0 Å². The van der Waals surface area contributed by atoms with Gasteiger partial charge in [-0.3, -0.25) is 4.79 Å². The summed E-state index contributed by atoms with van der Waals surface area (Å²) in [6.45, 7) is 8.10. The fourth-order valence-corrected chi connectivity index (χ4v) is 4.26. The minimum Gasteiger partial charge on any atom is -0.343 e. The lowest BCUT2D eigenvalue weighted by molar-refractivity contribution is -0.131. The minimum atomic E-state index is 0.344. The second-order valence-corrected chi connectivity index (χ2v) is 8.15. The molecule has 1 aromatic rings. The smallest absolute Gasteiger partial charge is 0.222 e. The zero-order valence-electron chi connectivity index (χ0n) is 15.8. The number of hydrogen-bond acceptors (Lipinski definition) is 2. The Balaban J connectivity index is 1.40. The van der Waals surface area contributed by atoms with E-state index in [1.54, 1.807) is 0 Å². The van der Waals surface area contributed by atoms with E-state index in [0.29, 0.717) is 12.3 Å². The van der Waals surface area contributed by atoms with Crippen molar-refractivity contribution >= 4 is 5.91 Å². The van der Waals surface area contributed by atoms with Gasteiger partial charge in [0.1, 0.15) is 0 Å². The average molecular weight is 343 g/mol. The second-order valence-electron chi connectivity index (χ2n) is 8.15. The number of hydrogen-bond donors (Lipinski definition) is 0. The summed E-state index contributed by atoms with van der Waals surface area (Å²) in [6, 6.07) is 10.4. The maximum Gasteiger partial charge on any atom is 0.222 e. The first kappa shape index (κ1) is 18.4. The van der Waals surface area contributed by atoms with Crippen LogP contribution in [0.15, 0.2) is 30.3 Å². The Morgan fingerprint density at radius 1 is 1.00 bits per heavy atom. The molecule has 2 heterocycles. The van der Waals surface area contributed by atoms with Crippen LogP contribution in [0.25, 0.3) is 0 Å². The minimum absolute atomic E-state index is 0.344. The summed E-state index contributed by atoms with van der Waals surface area (Å²) in [5.41, 5.74) is 1.27. The monoisotopic (exact) mass is 342 g/mol. The molecule has 1 amide bonds. The maximum atomic E-state index is 12.6. The molecule has 2 fully saturated rings. The Bertz CT molecular complexity index is 522. The highest BCUT2D eigenvalue weighted by Gasteiger charge is 2.23. The van der Waals surface area contributed by atoms with E-state index in [0.717, 1.165) is 31.3 Å². The van der Waals surface area contributed by atoms with Gasteiger partial charge in [-0.2, -0.15) is 0 Å². The van der Waals surface area contributed by atoms with Crippen LogP contribution in [0.1, 0.15) is 51.0 Å². The molecule has 1 atom stereocenters. The van der Waals surface area contributed by atoms with E-state index in [2.05, 4.69) is 41.0 Å². The van der Waals surface area contributed by atoms with Crippen LogP contribution in [0, 0.1) is 11.8 Å². The Hall–Kier alpha value is -1.35. The van der Waals surface area contributed by atoms with Crippen molar-refractivity contribution in [2.24, 2.45) is 11.8 Å². The zero-order chi connectivity index (χ0) is 17.5. The van der Waals surface area contributed by atoms with Crippen molar-refractivity contribution in [2.75, 3.05) is 32.7 Å². The Kier molecular flexibility index (Phi) is 6.92. The number of aryl methyl sites for hydroxylation is 1. The van der Waals surface area contributed by atoms with E-state index < -0.39 is 0 Å². The summed E-state index contributed by atoms with van der Waals surface area (Å²) >= 11 is 0. The molecular formula is C22H34N2O. The average Bonchev–Trinajstić information content (AvgIpc) is 2.88. The zero-order valence-corrected chi connectivity index (χ0v) is 15.8. The fourth-order valence-electron chi connectivity index (χ4n) is 4.26. The predicted octanol–water partition coefficient (Wildman–Crippen LogP) is 3.98. The topological polar surface area (TPSA) is 23.6 Å². The molecule has 0 unspecified atom stereocenters. The summed E-state index contributed by atoms with van der Waals surface area (Å²) in [6.07, 6.45) is 7.88. The van der Waals surface area contributed by atoms with Crippen molar-refractivity contribution in [2.45, 2.75) is 51.9 Å². The summed E-state index contributed by atoms with van der Waals surface area (Å²) < 4.78 is 0. The van der Waals surface area contributed by atoms with E-state index in [-0.39, 0.29) is 0 Å². The molecule has 138 valence electrons. The van der Waals surface area contributed by atoms with Gasteiger partial charge in [-0.25, -0.2) is 0 Å². The van der Waals surface area contributed by atoms with E-state index in [1.165, 1.54) is 57.3 Å². The van der Waals surface area contributed by atoms with E-state index in [9.17, 15) is 4.79 Å². The van der Waals surface area contributed by atoms with Gasteiger partial charge in [-0.1, -0.05) is 37.3 Å². The third-order valence-corrected chi connectivity index (χ3v) is 6.06. The van der Waals surface area contributed by atoms with Gasteiger partial charge in [0.25, 0.3) is 0 Å². The second kappa shape index (κ2) is 9.38. The molecule has 0 spiro atoms. The molecule has 0 saturated carbocycles. The number of likely N-dealkylation sites (tertiary alicyclic amines) is 2. The van der Waals surface area contributed by atoms with Gasteiger partial charge in [0.15, 0.2) is 0 Å². The molecule has 3 nitrogen and oxygen atoms in total. The number of piperidine rings is 1. The highest BCUT2D eigenvalue weighted by molar-refractivity contribution is 5.76. The van der Waals surface area contributed by atoms with Crippen molar-refractivity contribution in [1.82, 2.24) is 9.80 Å². The van der Waals surface area contributed by atoms with Gasteiger partial charge in [-0.15, -0.1) is 0 Å². The van der Waals surface area contributed by atoms with Crippen LogP contribution in [-0.4, -0.2) is 48.4 Å². The fraction of sp³-hybridized carbons (Fsp3) is 0.682. The Morgan fingerprint density at radius 3 is 2.52 bits per heavy atom. The summed E-state index contributed by atoms with van der Waals surface area (Å²) in [7, 11) is 0. The third-order valence-electron chi connectivity index (χ3n) is 6.06. The normalized spacial score (nSPS) is 23.4. The van der Waals surface area contributed by atoms with Gasteiger partial charge in [0, 0.05) is 26.1 Å². The van der Waals surface area contributed by atoms with Crippen molar-refractivity contribution < 1.29 is 4.79 Å². The van der Waals surface area contributed by atoms with Crippen LogP contribution in [0.5, 0.6) is 0 Å². The number of benzene rings is 1. The van der Waals surface area contributed by atoms with Crippen LogP contribution in [-0.2, 0) is 11.2 Å². The maximum absolute atomic E-state index is 12.6. The van der Waals surface area contributed by atoms with Gasteiger partial charge in [0.2, 0.25) is 5.91 Å². The summed E-state index contributed by atoms with van der Waals surface area (Å²) in [5.74, 6) is 2.03. The van der Waals surface area contributed by atoms with Gasteiger partial charge in [0.05, 0.1) is 0 Å². The summed E-state index contributed by atoms with van der Waals surface area (Å²) in [4.78, 5) is 17.4. The van der Waals surface area contributed by atoms with E-state index in [4.69, 9.17) is 0 Å². The van der Waals surface area contributed by atoms with Gasteiger partial charge < -0.3 is 9.80 Å². The first-order valence-corrected chi connectivity index (χ1v) is 10.2. The van der Waals surface area contributed by atoms with Crippen LogP contribution >= 0.6 is 0 Å². The van der Waals surface area contributed by atoms with Crippen LogP contribution in [0.3, 0.4) is 0 Å². The Morgan fingerprint density at radius 2 is 1.76 bits per heavy atom. The molecule has 0 aromatic heterocycles. The molecule has 1 aromatic carbocycles. The largest absolute Gasteiger partial charge is 0.343 e. The van der Waals surface area contributed by atoms with Gasteiger partial charge >= 0.3 is 0 Å². The van der Waals surface area contributed by atoms with Crippen LogP contribution in [0.4, 0.5) is 0 Å². The molecule has 2 aliphatic heterocycles. The van der Waals surface area contributed by atoms with Crippen molar-refractivity contribution in [3.05, 3.63) is 35.9 Å². The van der Waals surface area contributed by atoms with Crippen LogP contribution in [0.2, 0.25) is 0 Å². The highest BCUT2D eigenvalue weighted by Crippen LogP contribution is 2.23. The van der Waals surface area contributed by atoms with Crippen LogP contribution < -0.4 is 0 Å². The molecule has 2 aliphatic rings. The molecular weight excluding hydrogens is 308 g/mol. The predicted molar refractivity (Wildman–Crippen MR) is 104 cm³/mol. The molecule has 3 heteroatoms. The number of rotatable bonds is 5. The number of amides is 1. The molecule has 2 saturated heterocycles. The van der Waals surface area contributed by atoms with Crippen molar-refractivity contribution in [1.29, 1.82) is 0 Å². The van der Waals surface area contributed by atoms with Crippen molar-refractivity contribution in [3.8, 4) is 0 Å². The molecule has 0 aliphatic carbocycles. The highest BCUT2D eigenvalue weighted by atomic mass is 16.2. The molecule has 0 radical (unpaired) electrons. The molecule has 3 rings (SSSR count). The SMILES string of the molecule is CC1CCN(C[C@H]2CCCN(C(=O)CCc3ccccc3)CC2)CC1. The summed E-state index contributed by atoms with van der Waals surface area (Å²) in [5, 5.41) is 0. The first-order valence-electron chi connectivity index (χ1n) is 10.2. The van der Waals surface area contributed by atoms with Gasteiger partial charge in [-0.05, 0) is 69.0 Å². The lowest BCUT2D eigenvalue weighted by atomic mass is 9.95. The number of carbonyl (C=O) groups is 1. The molecule has 0 N–H and O–H groups in total. The van der Waals surface area contributed by atoms with E-state index >= 15 is 0 Å². The third kappa shape index (κ3) is 5.85. The molecule has 25 heavy (non-hydrogen) atoms. The standard InChI is InChI=1S/C22H34N2O/c1-19-11-15-23(16-12-19)18-21-8-5-14-24(17-13-21)22(25)10-9-20-6-3-2-4-7-20/h2-4,6-7,19,21H,5,8-18H2,1H3/t21-/m0/s1. The Labute approximate surface area is 153 Å². The lowest BCUT2D eigenvalue weighted by Gasteiger charge is -2.32. The number of carbonyl (C=O) groups excluding carboxylic acids is 1. The number of nitrogens with zero attached hydrogens (tertiary/aromatic N) is 2. The molecule has 0 bridgehead atoms. The van der Waals surface area contributed by atoms with E-state index in [1.807, 2.05) is 6.07 Å². The quantitative estimate of drug-likeness (QED) is 0.808. The lowest BCUT2D eigenvalue weighted by Crippen LogP contribution is -2.37.